The number of ether oxygens (including phenoxy) is 5. The number of Topliss-reactive ketones (excluding diaryl/α,β-unsaturated/α-hetero) is 1. The van der Waals surface area contributed by atoms with Gasteiger partial charge in [0, 0.05) is 0 Å². The number of hydrogen-bond donors (Lipinski definition) is 2. The normalized spacial score (nSPS) is 24.0. The molecule has 1 unspecified atom stereocenters. The number of carbonyl (C=O) groups excluding carboxylic acids is 1. The number of nitriles is 1. The molecule has 16 nitrogen and oxygen atoms in total. The van der Waals surface area contributed by atoms with E-state index in [2.05, 4.69) is 70.3 Å². The molecule has 0 saturated carbocycles. The summed E-state index contributed by atoms with van der Waals surface area (Å²) < 4.78 is 54.0. The first-order chi connectivity index (χ1) is 25.3. The number of ketones is 1. The molecule has 2 fully saturated rings. The summed E-state index contributed by atoms with van der Waals surface area (Å²) in [6.07, 6.45) is -3.55. The SMILES string of the molecule is CC(C)[Si]1(C(C)C)OC(C(=O)COc2ccccc2)[C@H]2O[C@@H](n3cnc4c(=O)[nH]c(N)nc43)[C@H](OCOCOCCC#N)[C@@H]2O[Si](C(C)C)(C(C)C)O1. The maximum absolute atomic E-state index is 14.5. The zero-order valence-electron chi connectivity index (χ0n) is 31.6. The van der Waals surface area contributed by atoms with E-state index in [-0.39, 0.29) is 78.3 Å². The number of carbonyl (C=O) groups is 1. The summed E-state index contributed by atoms with van der Waals surface area (Å²) in [4.78, 5) is 38.5. The van der Waals surface area contributed by atoms with E-state index in [1.807, 2.05) is 24.3 Å². The highest BCUT2D eigenvalue weighted by molar-refractivity contribution is 6.84. The maximum Gasteiger partial charge on any atom is 0.335 e. The summed E-state index contributed by atoms with van der Waals surface area (Å²) >= 11 is 0. The Bertz CT molecular complexity index is 1770. The number of hydrogen-bond acceptors (Lipinski definition) is 14. The standard InChI is InChI=1S/C35H52N6O10Si2/c1-21(2)52(22(3)4)49-28(26(42)17-46-25-13-10-9-11-14-25)29-30(50-53(51-52,23(5)6)24(7)8)31(47-20-45-19-44-16-12-15-36)34(48-29)41-18-38-27-32(41)39-35(37)40-33(27)43/h9-11,13-14,18,21-24,28-31,34H,12,16-17,19-20H2,1-8H3,(H3,37,39,40,43)/t28?,29-,30-,31-,34-/m1/s1. The summed E-state index contributed by atoms with van der Waals surface area (Å²) in [5.74, 6) is 0.0454. The molecule has 3 aromatic rings. The van der Waals surface area contributed by atoms with Gasteiger partial charge in [0.15, 0.2) is 23.2 Å². The lowest BCUT2D eigenvalue weighted by Gasteiger charge is -2.53. The third kappa shape index (κ3) is 8.43. The first kappa shape index (κ1) is 40.7. The molecule has 0 aliphatic carbocycles. The van der Waals surface area contributed by atoms with Crippen molar-refractivity contribution in [2.45, 2.75) is 115 Å². The van der Waals surface area contributed by atoms with E-state index in [1.54, 1.807) is 16.7 Å². The van der Waals surface area contributed by atoms with Crippen LogP contribution in [0.15, 0.2) is 41.5 Å². The van der Waals surface area contributed by atoms with Gasteiger partial charge in [0.25, 0.3) is 5.56 Å². The van der Waals surface area contributed by atoms with Gasteiger partial charge in [-0.2, -0.15) is 10.2 Å². The van der Waals surface area contributed by atoms with Crippen molar-refractivity contribution in [2.24, 2.45) is 0 Å². The average Bonchev–Trinajstić information content (AvgIpc) is 3.67. The van der Waals surface area contributed by atoms with Crippen LogP contribution in [-0.2, 0) is 36.7 Å². The smallest absolute Gasteiger partial charge is 0.335 e. The molecular weight excluding hydrogens is 721 g/mol. The molecule has 4 heterocycles. The quantitative estimate of drug-likeness (QED) is 0.114. The number of para-hydroxylation sites is 1. The molecule has 3 N–H and O–H groups in total. The second kappa shape index (κ2) is 17.3. The highest BCUT2D eigenvalue weighted by atomic mass is 28.5. The van der Waals surface area contributed by atoms with Crippen molar-refractivity contribution in [3.63, 3.8) is 0 Å². The predicted molar refractivity (Wildman–Crippen MR) is 198 cm³/mol. The van der Waals surface area contributed by atoms with Crippen molar-refractivity contribution >= 4 is 40.0 Å². The predicted octanol–water partition coefficient (Wildman–Crippen LogP) is 4.82. The van der Waals surface area contributed by atoms with Crippen LogP contribution in [-0.4, -0.2) is 93.6 Å². The molecule has 53 heavy (non-hydrogen) atoms. The molecule has 2 aliphatic heterocycles. The number of nitrogens with zero attached hydrogens (tertiary/aromatic N) is 4. The summed E-state index contributed by atoms with van der Waals surface area (Å²) in [7, 11) is -6.59. The summed E-state index contributed by atoms with van der Waals surface area (Å²) in [5.41, 5.74) is 5.38. The van der Waals surface area contributed by atoms with Gasteiger partial charge in [-0.15, -0.1) is 0 Å². The summed E-state index contributed by atoms with van der Waals surface area (Å²) in [6, 6.07) is 11.1. The number of aromatic amines is 1. The van der Waals surface area contributed by atoms with Gasteiger partial charge in [-0.05, 0) is 34.3 Å². The van der Waals surface area contributed by atoms with Gasteiger partial charge in [0.1, 0.15) is 50.4 Å². The van der Waals surface area contributed by atoms with E-state index >= 15 is 0 Å². The van der Waals surface area contributed by atoms with Crippen molar-refractivity contribution in [3.8, 4) is 11.8 Å². The van der Waals surface area contributed by atoms with E-state index in [4.69, 9.17) is 47.6 Å². The molecule has 2 aromatic heterocycles. The minimum atomic E-state index is -3.31. The van der Waals surface area contributed by atoms with E-state index < -0.39 is 53.3 Å². The van der Waals surface area contributed by atoms with Crippen LogP contribution in [0.25, 0.3) is 11.2 Å². The van der Waals surface area contributed by atoms with Gasteiger partial charge in [-0.25, -0.2) is 4.98 Å². The topological polar surface area (TPSA) is 204 Å². The monoisotopic (exact) mass is 772 g/mol. The van der Waals surface area contributed by atoms with Gasteiger partial charge in [0.2, 0.25) is 5.95 Å². The van der Waals surface area contributed by atoms with Crippen LogP contribution >= 0.6 is 0 Å². The second-order valence-electron chi connectivity index (χ2n) is 14.5. The van der Waals surface area contributed by atoms with Crippen LogP contribution in [0.5, 0.6) is 5.75 Å². The van der Waals surface area contributed by atoms with Crippen molar-refractivity contribution in [1.82, 2.24) is 19.5 Å². The maximum atomic E-state index is 14.5. The zero-order valence-corrected chi connectivity index (χ0v) is 33.6. The Morgan fingerprint density at radius 2 is 1.64 bits per heavy atom. The van der Waals surface area contributed by atoms with Crippen LogP contribution < -0.4 is 16.0 Å². The highest BCUT2D eigenvalue weighted by Crippen LogP contribution is 2.50. The minimum Gasteiger partial charge on any atom is -0.486 e. The van der Waals surface area contributed by atoms with E-state index in [1.165, 1.54) is 6.33 Å². The van der Waals surface area contributed by atoms with Crippen LogP contribution in [0.2, 0.25) is 22.2 Å². The van der Waals surface area contributed by atoms with Crippen LogP contribution in [0.4, 0.5) is 5.95 Å². The molecule has 1 aromatic carbocycles. The molecule has 0 bridgehead atoms. The third-order valence-electron chi connectivity index (χ3n) is 9.73. The van der Waals surface area contributed by atoms with E-state index in [0.717, 1.165) is 0 Å². The van der Waals surface area contributed by atoms with Crippen molar-refractivity contribution in [1.29, 1.82) is 5.26 Å². The largest absolute Gasteiger partial charge is 0.486 e. The van der Waals surface area contributed by atoms with Gasteiger partial charge in [-0.1, -0.05) is 73.6 Å². The number of nitrogen functional groups attached to an aromatic ring is 1. The molecule has 0 amide bonds. The summed E-state index contributed by atoms with van der Waals surface area (Å²) in [6.45, 7) is 16.1. The number of aromatic nitrogens is 4. The Morgan fingerprint density at radius 3 is 2.28 bits per heavy atom. The number of anilines is 1. The molecule has 5 atom stereocenters. The molecule has 5 rings (SSSR count). The zero-order chi connectivity index (χ0) is 38.5. The lowest BCUT2D eigenvalue weighted by atomic mass is 10.0. The molecular formula is C35H52N6O10Si2. The van der Waals surface area contributed by atoms with Crippen molar-refractivity contribution < 1.29 is 41.4 Å². The number of H-pyrrole nitrogens is 1. The third-order valence-corrected chi connectivity index (χ3v) is 20.0. The number of fused-ring (bicyclic) bond motifs is 2. The first-order valence-corrected chi connectivity index (χ1v) is 22.0. The molecule has 290 valence electrons. The van der Waals surface area contributed by atoms with Gasteiger partial charge >= 0.3 is 17.1 Å². The fraction of sp³-hybridized carbons (Fsp3) is 0.629. The Hall–Kier alpha value is -3.52. The lowest BCUT2D eigenvalue weighted by Crippen LogP contribution is -2.68. The second-order valence-corrected chi connectivity index (χ2v) is 23.3. The molecule has 0 spiro atoms. The number of nitrogens with two attached hydrogens (primary N) is 1. The fourth-order valence-electron chi connectivity index (χ4n) is 7.10. The number of rotatable bonds is 16. The Morgan fingerprint density at radius 1 is 0.981 bits per heavy atom. The van der Waals surface area contributed by atoms with Crippen molar-refractivity contribution in [2.75, 3.05) is 32.5 Å². The number of imidazole rings is 1. The van der Waals surface area contributed by atoms with E-state index in [0.29, 0.717) is 5.75 Å². The lowest BCUT2D eigenvalue weighted by molar-refractivity contribution is -0.174. The van der Waals surface area contributed by atoms with Crippen LogP contribution in [0, 0.1) is 11.3 Å². The van der Waals surface area contributed by atoms with Gasteiger partial charge in [-0.3, -0.25) is 19.1 Å². The summed E-state index contributed by atoms with van der Waals surface area (Å²) in [5, 5.41) is 8.85. The molecule has 0 radical (unpaired) electrons. The van der Waals surface area contributed by atoms with Crippen LogP contribution in [0.1, 0.15) is 68.0 Å². The van der Waals surface area contributed by atoms with Crippen molar-refractivity contribution in [3.05, 3.63) is 47.0 Å². The van der Waals surface area contributed by atoms with Crippen LogP contribution in [0.3, 0.4) is 0 Å². The highest BCUT2D eigenvalue weighted by Gasteiger charge is 2.65. The molecule has 2 saturated heterocycles. The van der Waals surface area contributed by atoms with Gasteiger partial charge in [0.05, 0.1) is 25.4 Å². The Labute approximate surface area is 311 Å². The molecule has 18 heteroatoms. The molecule has 2 aliphatic rings. The Kier molecular flexibility index (Phi) is 13.3. The fourth-order valence-corrected chi connectivity index (χ4v) is 18.4. The number of nitrogens with one attached hydrogen (secondary N) is 1. The first-order valence-electron chi connectivity index (χ1n) is 18.0. The average molecular weight is 773 g/mol. The minimum absolute atomic E-state index is 0.0384. The Balaban J connectivity index is 1.64. The van der Waals surface area contributed by atoms with E-state index in [9.17, 15) is 9.59 Å². The van der Waals surface area contributed by atoms with Gasteiger partial charge < -0.3 is 42.4 Å². The number of benzene rings is 1.